The van der Waals surface area contributed by atoms with Crippen molar-refractivity contribution in [3.8, 4) is 0 Å². The molecule has 0 saturated heterocycles. The molecule has 0 aliphatic carbocycles. The van der Waals surface area contributed by atoms with Gasteiger partial charge in [-0.15, -0.1) is 0 Å². The van der Waals surface area contributed by atoms with Crippen LogP contribution in [-0.4, -0.2) is 7.11 Å². The number of methoxy groups -OCH3 is 1. The average Bonchev–Trinajstić information content (AvgIpc) is 2.11. The second kappa shape index (κ2) is 7.43. The van der Waals surface area contributed by atoms with Crippen molar-refractivity contribution >= 4 is 0 Å². The van der Waals surface area contributed by atoms with Crippen molar-refractivity contribution in [3.63, 3.8) is 0 Å². The summed E-state index contributed by atoms with van der Waals surface area (Å²) in [5.41, 5.74) is 1.39. The fourth-order valence-corrected chi connectivity index (χ4v) is 1.29. The van der Waals surface area contributed by atoms with Gasteiger partial charge in [-0.05, 0) is 38.3 Å². The van der Waals surface area contributed by atoms with Gasteiger partial charge in [-0.25, -0.2) is 0 Å². The Labute approximate surface area is 88.2 Å². The molecule has 0 aromatic heterocycles. The Kier molecular flexibility index (Phi) is 6.91. The average molecular weight is 194 g/mol. The first-order valence-corrected chi connectivity index (χ1v) is 5.14. The Balaban J connectivity index is 4.33. The summed E-state index contributed by atoms with van der Waals surface area (Å²) < 4.78 is 5.18. The van der Waals surface area contributed by atoms with E-state index in [1.54, 1.807) is 7.11 Å². The van der Waals surface area contributed by atoms with Crippen LogP contribution >= 0.6 is 0 Å². The predicted molar refractivity (Wildman–Crippen MR) is 63.1 cm³/mol. The van der Waals surface area contributed by atoms with Crippen LogP contribution in [0.2, 0.25) is 0 Å². The van der Waals surface area contributed by atoms with Crippen LogP contribution in [0.15, 0.2) is 35.6 Å². The summed E-state index contributed by atoms with van der Waals surface area (Å²) in [6.45, 7) is 8.59. The highest BCUT2D eigenvalue weighted by atomic mass is 16.5. The lowest BCUT2D eigenvalue weighted by Crippen LogP contribution is -1.87. The van der Waals surface area contributed by atoms with Gasteiger partial charge in [-0.3, -0.25) is 0 Å². The normalized spacial score (nSPS) is 14.1. The zero-order valence-electron chi connectivity index (χ0n) is 10.0. The maximum absolute atomic E-state index is 5.18. The second-order valence-corrected chi connectivity index (χ2v) is 3.88. The number of ether oxygens (including phenoxy) is 1. The molecule has 0 saturated carbocycles. The maximum Gasteiger partial charge on any atom is 0.118 e. The molecule has 0 atom stereocenters. The zero-order chi connectivity index (χ0) is 11.0. The monoisotopic (exact) mass is 194 g/mol. The Hall–Kier alpha value is -0.980. The van der Waals surface area contributed by atoms with Crippen LogP contribution in [0.1, 0.15) is 34.1 Å². The van der Waals surface area contributed by atoms with E-state index >= 15 is 0 Å². The zero-order valence-corrected chi connectivity index (χ0v) is 10.0. The number of allylic oxidation sites excluding steroid dienone is 5. The largest absolute Gasteiger partial charge is 0.497 e. The quantitative estimate of drug-likeness (QED) is 0.473. The van der Waals surface area contributed by atoms with Crippen molar-refractivity contribution in [2.24, 2.45) is 5.92 Å². The van der Waals surface area contributed by atoms with Gasteiger partial charge in [-0.1, -0.05) is 31.6 Å². The molecule has 0 fully saturated rings. The third-order valence-corrected chi connectivity index (χ3v) is 1.83. The van der Waals surface area contributed by atoms with Crippen molar-refractivity contribution in [2.45, 2.75) is 34.1 Å². The van der Waals surface area contributed by atoms with Gasteiger partial charge in [-0.2, -0.15) is 0 Å². The van der Waals surface area contributed by atoms with Crippen molar-refractivity contribution in [3.05, 3.63) is 35.6 Å². The fraction of sp³-hybridized carbons (Fsp3) is 0.538. The molecule has 0 bridgehead atoms. The van der Waals surface area contributed by atoms with Crippen LogP contribution in [0.5, 0.6) is 0 Å². The van der Waals surface area contributed by atoms with E-state index in [4.69, 9.17) is 4.74 Å². The van der Waals surface area contributed by atoms with Crippen LogP contribution in [0.3, 0.4) is 0 Å². The molecular weight excluding hydrogens is 172 g/mol. The Bertz CT molecular complexity index is 232. The lowest BCUT2D eigenvalue weighted by molar-refractivity contribution is 0.307. The fourth-order valence-electron chi connectivity index (χ4n) is 1.29. The molecule has 80 valence electrons. The summed E-state index contributed by atoms with van der Waals surface area (Å²) in [4.78, 5) is 0. The van der Waals surface area contributed by atoms with Gasteiger partial charge in [0.1, 0.15) is 5.76 Å². The van der Waals surface area contributed by atoms with Gasteiger partial charge in [0, 0.05) is 0 Å². The molecule has 0 radical (unpaired) electrons. The van der Waals surface area contributed by atoms with E-state index in [-0.39, 0.29) is 0 Å². The van der Waals surface area contributed by atoms with Crippen molar-refractivity contribution < 1.29 is 4.74 Å². The lowest BCUT2D eigenvalue weighted by Gasteiger charge is -2.03. The van der Waals surface area contributed by atoms with Crippen LogP contribution in [0, 0.1) is 5.92 Å². The molecule has 0 aromatic rings. The van der Waals surface area contributed by atoms with Crippen LogP contribution < -0.4 is 0 Å². The molecule has 1 heteroatoms. The van der Waals surface area contributed by atoms with E-state index in [1.807, 2.05) is 25.2 Å². The van der Waals surface area contributed by atoms with Crippen molar-refractivity contribution in [1.82, 2.24) is 0 Å². The molecule has 0 N–H and O–H groups in total. The lowest BCUT2D eigenvalue weighted by atomic mass is 10.0. The van der Waals surface area contributed by atoms with E-state index in [0.717, 1.165) is 12.2 Å². The SMILES string of the molecule is C\C=C/C(=C\C=C(/C)CC(C)C)OC. The summed E-state index contributed by atoms with van der Waals surface area (Å²) in [5.74, 6) is 1.61. The molecule has 0 spiro atoms. The Morgan fingerprint density at radius 3 is 2.36 bits per heavy atom. The molecule has 0 aliphatic heterocycles. The molecular formula is C13H22O. The van der Waals surface area contributed by atoms with E-state index in [9.17, 15) is 0 Å². The van der Waals surface area contributed by atoms with Crippen LogP contribution in [-0.2, 0) is 4.74 Å². The third kappa shape index (κ3) is 6.53. The van der Waals surface area contributed by atoms with Gasteiger partial charge in [0.25, 0.3) is 0 Å². The van der Waals surface area contributed by atoms with Gasteiger partial charge >= 0.3 is 0 Å². The molecule has 0 aliphatic rings. The van der Waals surface area contributed by atoms with Crippen LogP contribution in [0.4, 0.5) is 0 Å². The van der Waals surface area contributed by atoms with E-state index < -0.39 is 0 Å². The van der Waals surface area contributed by atoms with Gasteiger partial charge in [0.05, 0.1) is 7.11 Å². The summed E-state index contributed by atoms with van der Waals surface area (Å²) in [6.07, 6.45) is 9.21. The minimum Gasteiger partial charge on any atom is -0.497 e. The van der Waals surface area contributed by atoms with Crippen LogP contribution in [0.25, 0.3) is 0 Å². The second-order valence-electron chi connectivity index (χ2n) is 3.88. The maximum atomic E-state index is 5.18. The number of hydrogen-bond acceptors (Lipinski definition) is 1. The molecule has 0 aromatic carbocycles. The van der Waals surface area contributed by atoms with Gasteiger partial charge < -0.3 is 4.74 Å². The Morgan fingerprint density at radius 2 is 1.93 bits per heavy atom. The first-order valence-electron chi connectivity index (χ1n) is 5.14. The number of hydrogen-bond donors (Lipinski definition) is 0. The summed E-state index contributed by atoms with van der Waals surface area (Å²) >= 11 is 0. The van der Waals surface area contributed by atoms with Gasteiger partial charge in [0.15, 0.2) is 0 Å². The minimum atomic E-state index is 0.715. The van der Waals surface area contributed by atoms with Gasteiger partial charge in [0.2, 0.25) is 0 Å². The standard InChI is InChI=1S/C13H22O/c1-6-7-13(14-5)9-8-12(4)10-11(2)3/h6-9,11H,10H2,1-5H3/b7-6-,12-8+,13-9+. The molecule has 0 heterocycles. The first-order chi connectivity index (χ1) is 6.60. The molecule has 0 unspecified atom stereocenters. The highest BCUT2D eigenvalue weighted by Crippen LogP contribution is 2.10. The summed E-state index contributed by atoms with van der Waals surface area (Å²) in [7, 11) is 1.69. The van der Waals surface area contributed by atoms with E-state index in [1.165, 1.54) is 5.57 Å². The highest BCUT2D eigenvalue weighted by molar-refractivity contribution is 5.20. The van der Waals surface area contributed by atoms with Crippen molar-refractivity contribution in [2.75, 3.05) is 7.11 Å². The molecule has 1 nitrogen and oxygen atoms in total. The number of rotatable bonds is 5. The van der Waals surface area contributed by atoms with E-state index in [2.05, 4.69) is 26.8 Å². The van der Waals surface area contributed by atoms with E-state index in [0.29, 0.717) is 5.92 Å². The predicted octanol–water partition coefficient (Wildman–Crippen LogP) is 4.09. The Morgan fingerprint density at radius 1 is 1.29 bits per heavy atom. The smallest absolute Gasteiger partial charge is 0.118 e. The third-order valence-electron chi connectivity index (χ3n) is 1.83. The first kappa shape index (κ1) is 13.0. The topological polar surface area (TPSA) is 9.23 Å². The molecule has 0 rings (SSSR count). The van der Waals surface area contributed by atoms with Crippen molar-refractivity contribution in [1.29, 1.82) is 0 Å². The summed E-state index contributed by atoms with van der Waals surface area (Å²) in [6, 6.07) is 0. The minimum absolute atomic E-state index is 0.715. The molecule has 14 heavy (non-hydrogen) atoms. The molecule has 0 amide bonds. The highest BCUT2D eigenvalue weighted by Gasteiger charge is 1.94. The summed E-state index contributed by atoms with van der Waals surface area (Å²) in [5, 5.41) is 0.